The Morgan fingerprint density at radius 3 is 2.47 bits per heavy atom. The van der Waals surface area contributed by atoms with Crippen LogP contribution in [0, 0.1) is 6.92 Å². The second-order valence-corrected chi connectivity index (χ2v) is 3.92. The number of rotatable bonds is 3. The fraction of sp³-hybridized carbons (Fsp3) is 0.0714. The van der Waals surface area contributed by atoms with Crippen LogP contribution in [0.5, 0.6) is 5.75 Å². The first-order chi connectivity index (χ1) is 9.06. The number of pyridine rings is 1. The van der Waals surface area contributed by atoms with Gasteiger partial charge in [-0.1, -0.05) is 18.2 Å². The van der Waals surface area contributed by atoms with Crippen LogP contribution in [0.1, 0.15) is 26.5 Å². The number of hydrogen-bond acceptors (Lipinski definition) is 4. The van der Waals surface area contributed by atoms with Gasteiger partial charge in [-0.3, -0.25) is 0 Å². The molecule has 19 heavy (non-hydrogen) atoms. The lowest BCUT2D eigenvalue weighted by Crippen LogP contribution is -2.13. The Morgan fingerprint density at radius 2 is 1.79 bits per heavy atom. The lowest BCUT2D eigenvalue weighted by Gasteiger charge is -2.04. The van der Waals surface area contributed by atoms with Gasteiger partial charge in [0.2, 0.25) is 0 Å². The molecule has 0 atom stereocenters. The number of carbonyl (C=O) groups is 2. The van der Waals surface area contributed by atoms with Crippen LogP contribution < -0.4 is 4.74 Å². The molecule has 5 heteroatoms. The molecule has 0 saturated heterocycles. The zero-order chi connectivity index (χ0) is 13.8. The summed E-state index contributed by atoms with van der Waals surface area (Å²) < 4.78 is 5.12. The van der Waals surface area contributed by atoms with Gasteiger partial charge in [-0.05, 0) is 36.8 Å². The smallest absolute Gasteiger partial charge is 0.362 e. The van der Waals surface area contributed by atoms with E-state index in [0.717, 1.165) is 5.56 Å². The molecule has 0 saturated carbocycles. The molecule has 2 aromatic rings. The molecule has 96 valence electrons. The quantitative estimate of drug-likeness (QED) is 0.674. The number of aromatic carboxylic acids is 1. The molecule has 1 N–H and O–H groups in total. The minimum atomic E-state index is -1.19. The topological polar surface area (TPSA) is 76.5 Å². The zero-order valence-corrected chi connectivity index (χ0v) is 10.2. The van der Waals surface area contributed by atoms with Crippen LogP contribution in [0.25, 0.3) is 0 Å². The van der Waals surface area contributed by atoms with Crippen LogP contribution in [0.3, 0.4) is 0 Å². The Morgan fingerprint density at radius 1 is 1.11 bits per heavy atom. The standard InChI is InChI=1S/C14H11NO4/c1-9-4-2-5-10(8-9)19-14(18)12-7-3-6-11(15-12)13(16)17/h2-8H,1H3,(H,16,17). The van der Waals surface area contributed by atoms with E-state index in [1.165, 1.54) is 18.2 Å². The summed E-state index contributed by atoms with van der Waals surface area (Å²) in [5, 5.41) is 8.80. The number of carbonyl (C=O) groups excluding carboxylic acids is 1. The van der Waals surface area contributed by atoms with Crippen molar-refractivity contribution in [3.8, 4) is 5.75 Å². The van der Waals surface area contributed by atoms with Crippen molar-refractivity contribution < 1.29 is 19.4 Å². The van der Waals surface area contributed by atoms with Crippen LogP contribution in [0.4, 0.5) is 0 Å². The van der Waals surface area contributed by atoms with Crippen LogP contribution in [-0.2, 0) is 0 Å². The van der Waals surface area contributed by atoms with Gasteiger partial charge in [-0.2, -0.15) is 0 Å². The maximum absolute atomic E-state index is 11.8. The minimum absolute atomic E-state index is 0.0404. The van der Waals surface area contributed by atoms with E-state index in [4.69, 9.17) is 9.84 Å². The third-order valence-corrected chi connectivity index (χ3v) is 2.38. The Hall–Kier alpha value is -2.69. The number of hydrogen-bond donors (Lipinski definition) is 1. The maximum atomic E-state index is 11.8. The summed E-state index contributed by atoms with van der Waals surface area (Å²) in [5.41, 5.74) is 0.720. The van der Waals surface area contributed by atoms with Gasteiger partial charge < -0.3 is 9.84 Å². The fourth-order valence-electron chi connectivity index (χ4n) is 1.51. The molecule has 0 amide bonds. The predicted molar refractivity (Wildman–Crippen MR) is 67.3 cm³/mol. The van der Waals surface area contributed by atoms with Crippen molar-refractivity contribution in [2.24, 2.45) is 0 Å². The minimum Gasteiger partial charge on any atom is -0.477 e. The van der Waals surface area contributed by atoms with Gasteiger partial charge in [0.05, 0.1) is 0 Å². The SMILES string of the molecule is Cc1cccc(OC(=O)c2cccc(C(=O)O)n2)c1. The highest BCUT2D eigenvalue weighted by Crippen LogP contribution is 2.14. The molecular formula is C14H11NO4. The zero-order valence-electron chi connectivity index (χ0n) is 10.2. The molecule has 1 aromatic heterocycles. The Kier molecular flexibility index (Phi) is 3.56. The average molecular weight is 257 g/mol. The van der Waals surface area contributed by atoms with Crippen molar-refractivity contribution in [2.75, 3.05) is 0 Å². The molecule has 1 aromatic carbocycles. The fourth-order valence-corrected chi connectivity index (χ4v) is 1.51. The van der Waals surface area contributed by atoms with E-state index < -0.39 is 11.9 Å². The van der Waals surface area contributed by atoms with Crippen molar-refractivity contribution in [3.05, 3.63) is 59.4 Å². The van der Waals surface area contributed by atoms with E-state index >= 15 is 0 Å². The van der Waals surface area contributed by atoms with Crippen LogP contribution in [-0.4, -0.2) is 22.0 Å². The van der Waals surface area contributed by atoms with Gasteiger partial charge in [-0.15, -0.1) is 0 Å². The molecule has 0 aliphatic heterocycles. The summed E-state index contributed by atoms with van der Waals surface area (Å²) in [6.07, 6.45) is 0. The van der Waals surface area contributed by atoms with Gasteiger partial charge >= 0.3 is 11.9 Å². The average Bonchev–Trinajstić information content (AvgIpc) is 2.39. The predicted octanol–water partition coefficient (Wildman–Crippen LogP) is 2.31. The van der Waals surface area contributed by atoms with Crippen molar-refractivity contribution in [2.45, 2.75) is 6.92 Å². The first kappa shape index (κ1) is 12.8. The second-order valence-electron chi connectivity index (χ2n) is 3.92. The lowest BCUT2D eigenvalue weighted by molar-refractivity contribution is 0.0689. The van der Waals surface area contributed by atoms with Gasteiger partial charge in [0, 0.05) is 0 Å². The summed E-state index contributed by atoms with van der Waals surface area (Å²) in [6.45, 7) is 1.88. The molecule has 0 spiro atoms. The van der Waals surface area contributed by atoms with Crippen LogP contribution >= 0.6 is 0 Å². The number of carboxylic acids is 1. The lowest BCUT2D eigenvalue weighted by atomic mass is 10.2. The normalized spacial score (nSPS) is 9.95. The number of esters is 1. The summed E-state index contributed by atoms with van der Waals surface area (Å²) in [7, 11) is 0. The molecule has 5 nitrogen and oxygen atoms in total. The number of aromatic nitrogens is 1. The highest BCUT2D eigenvalue weighted by Gasteiger charge is 2.13. The summed E-state index contributed by atoms with van der Waals surface area (Å²) >= 11 is 0. The molecule has 0 aliphatic carbocycles. The van der Waals surface area contributed by atoms with E-state index in [1.807, 2.05) is 13.0 Å². The molecule has 0 aliphatic rings. The first-order valence-electron chi connectivity index (χ1n) is 5.55. The van der Waals surface area contributed by atoms with Crippen molar-refractivity contribution >= 4 is 11.9 Å². The Labute approximate surface area is 109 Å². The van der Waals surface area contributed by atoms with E-state index in [0.29, 0.717) is 5.75 Å². The third kappa shape index (κ3) is 3.16. The maximum Gasteiger partial charge on any atom is 0.362 e. The van der Waals surface area contributed by atoms with Crippen LogP contribution in [0.15, 0.2) is 42.5 Å². The number of carboxylic acid groups (broad SMARTS) is 1. The number of aryl methyl sites for hydroxylation is 1. The van der Waals surface area contributed by atoms with Crippen molar-refractivity contribution in [1.29, 1.82) is 0 Å². The van der Waals surface area contributed by atoms with E-state index in [-0.39, 0.29) is 11.4 Å². The summed E-state index contributed by atoms with van der Waals surface area (Å²) in [6, 6.07) is 11.2. The Balaban J connectivity index is 2.20. The summed E-state index contributed by atoms with van der Waals surface area (Å²) in [4.78, 5) is 26.3. The van der Waals surface area contributed by atoms with Gasteiger partial charge in [0.15, 0.2) is 0 Å². The second kappa shape index (κ2) is 5.30. The van der Waals surface area contributed by atoms with Gasteiger partial charge in [0.1, 0.15) is 17.1 Å². The highest BCUT2D eigenvalue weighted by atomic mass is 16.5. The first-order valence-corrected chi connectivity index (χ1v) is 5.55. The highest BCUT2D eigenvalue weighted by molar-refractivity contribution is 5.91. The molecule has 0 unspecified atom stereocenters. The van der Waals surface area contributed by atoms with E-state index in [1.54, 1.807) is 18.2 Å². The molecule has 2 rings (SSSR count). The molecule has 0 bridgehead atoms. The molecular weight excluding hydrogens is 246 g/mol. The third-order valence-electron chi connectivity index (χ3n) is 2.38. The van der Waals surface area contributed by atoms with Gasteiger partial charge in [-0.25, -0.2) is 14.6 Å². The monoisotopic (exact) mass is 257 g/mol. The van der Waals surface area contributed by atoms with Crippen molar-refractivity contribution in [3.63, 3.8) is 0 Å². The number of benzene rings is 1. The number of nitrogens with zero attached hydrogens (tertiary/aromatic N) is 1. The molecule has 1 heterocycles. The Bertz CT molecular complexity index is 637. The molecule has 0 fully saturated rings. The van der Waals surface area contributed by atoms with Crippen LogP contribution in [0.2, 0.25) is 0 Å². The number of ether oxygens (including phenoxy) is 1. The van der Waals surface area contributed by atoms with E-state index in [9.17, 15) is 9.59 Å². The van der Waals surface area contributed by atoms with Gasteiger partial charge in [0.25, 0.3) is 0 Å². The largest absolute Gasteiger partial charge is 0.477 e. The summed E-state index contributed by atoms with van der Waals surface area (Å²) in [5.74, 6) is -1.48. The van der Waals surface area contributed by atoms with Crippen molar-refractivity contribution in [1.82, 2.24) is 4.98 Å². The van der Waals surface area contributed by atoms with E-state index in [2.05, 4.69) is 4.98 Å². The molecule has 0 radical (unpaired) electrons.